The summed E-state index contributed by atoms with van der Waals surface area (Å²) < 4.78 is 5.51. The number of carbonyl (C=O) groups is 5. The molecular formula is C22H22N8O8S2. The summed E-state index contributed by atoms with van der Waals surface area (Å²) in [5, 5.41) is 26.6. The minimum Gasteiger partial charge on any atom is -0.543 e. The number of primary amides is 1. The highest BCUT2D eigenvalue weighted by atomic mass is 32.2. The van der Waals surface area contributed by atoms with E-state index in [0.29, 0.717) is 5.57 Å². The van der Waals surface area contributed by atoms with Crippen LogP contribution in [0.5, 0.6) is 0 Å². The van der Waals surface area contributed by atoms with E-state index in [1.807, 2.05) is 0 Å². The minimum atomic E-state index is -1.81. The summed E-state index contributed by atoms with van der Waals surface area (Å²) in [5.41, 5.74) is 8.84. The summed E-state index contributed by atoms with van der Waals surface area (Å²) in [6, 6.07) is 1.81. The molecule has 0 spiro atoms. The lowest BCUT2D eigenvalue weighted by Crippen LogP contribution is -2.71. The van der Waals surface area contributed by atoms with E-state index in [2.05, 4.69) is 19.8 Å². The number of β-lactam (4-membered cyclic amide) rings is 1. The lowest BCUT2D eigenvalue weighted by molar-refractivity contribution is -0.689. The van der Waals surface area contributed by atoms with E-state index in [0.717, 1.165) is 16.4 Å². The second-order valence-electron chi connectivity index (χ2n) is 9.03. The number of nitrogen functional groups attached to an aromatic ring is 1. The summed E-state index contributed by atoms with van der Waals surface area (Å²) in [6.07, 6.45) is 3.09. The van der Waals surface area contributed by atoms with Gasteiger partial charge in [0.25, 0.3) is 11.8 Å². The Labute approximate surface area is 233 Å². The van der Waals surface area contributed by atoms with Crippen molar-refractivity contribution in [1.29, 1.82) is 0 Å². The molecule has 2 aromatic heterocycles. The van der Waals surface area contributed by atoms with E-state index >= 15 is 0 Å². The number of fused-ring (bicyclic) bond motifs is 1. The smallest absolute Gasteiger partial charge is 0.350 e. The number of aromatic nitrogens is 3. The zero-order valence-corrected chi connectivity index (χ0v) is 22.5. The molecule has 3 amide bonds. The zero-order chi connectivity index (χ0) is 29.4. The molecule has 2 aliphatic heterocycles. The molecule has 0 aliphatic carbocycles. The topological polar surface area (TPSA) is 247 Å². The van der Waals surface area contributed by atoms with Gasteiger partial charge in [-0.1, -0.05) is 5.16 Å². The third-order valence-corrected chi connectivity index (χ3v) is 7.71. The highest BCUT2D eigenvalue weighted by Gasteiger charge is 2.53. The van der Waals surface area contributed by atoms with Gasteiger partial charge < -0.3 is 36.6 Å². The first-order valence-corrected chi connectivity index (χ1v) is 13.2. The van der Waals surface area contributed by atoms with E-state index in [-0.39, 0.29) is 34.5 Å². The van der Waals surface area contributed by atoms with E-state index < -0.39 is 52.4 Å². The maximum absolute atomic E-state index is 13.1. The number of nitrogens with zero attached hydrogens (tertiary/aromatic N) is 5. The first-order chi connectivity index (χ1) is 18.8. The number of aliphatic carboxylic acids is 2. The van der Waals surface area contributed by atoms with Crippen LogP contribution >= 0.6 is 23.3 Å². The van der Waals surface area contributed by atoms with Crippen molar-refractivity contribution in [2.75, 3.05) is 11.5 Å². The molecule has 0 saturated carbocycles. The number of nitrogens with two attached hydrogens (primary N) is 2. The van der Waals surface area contributed by atoms with Gasteiger partial charge in [0.15, 0.2) is 24.1 Å². The van der Waals surface area contributed by atoms with Gasteiger partial charge in [0, 0.05) is 35.0 Å². The van der Waals surface area contributed by atoms with E-state index in [1.165, 1.54) is 37.7 Å². The lowest BCUT2D eigenvalue weighted by Gasteiger charge is -2.50. The number of pyridine rings is 1. The number of amides is 3. The summed E-state index contributed by atoms with van der Waals surface area (Å²) in [5.74, 6) is -5.28. The standard InChI is InChI=1S/C22H22N8O8S2/c1-22(2,20(36)37)38-27-11(15-26-21(24)40-28-15)16(32)25-12-17(33)30-13(19(34)35)10(8-39-18(12)30)7-29-5-3-9(4-6-29)14(23)31/h3-6,12,18H,7-8H2,1-2H3,(H6-,23,24,25,26,28,31,32,34,35,36,37)/b27-11-/t12-,18+/m1/s1. The van der Waals surface area contributed by atoms with Crippen molar-refractivity contribution in [1.82, 2.24) is 19.6 Å². The van der Waals surface area contributed by atoms with Crippen LogP contribution in [0.1, 0.15) is 30.0 Å². The Morgan fingerprint density at radius 2 is 2.00 bits per heavy atom. The third-order valence-electron chi connectivity index (χ3n) is 5.83. The van der Waals surface area contributed by atoms with Crippen molar-refractivity contribution in [3.8, 4) is 0 Å². The summed E-state index contributed by atoms with van der Waals surface area (Å²) in [4.78, 5) is 70.8. The number of hydrogen-bond acceptors (Lipinski definition) is 13. The lowest BCUT2D eigenvalue weighted by atomic mass is 10.0. The van der Waals surface area contributed by atoms with Crippen LogP contribution in [0.2, 0.25) is 0 Å². The van der Waals surface area contributed by atoms with Crippen molar-refractivity contribution in [3.63, 3.8) is 0 Å². The fourth-order valence-corrected chi connectivity index (χ4v) is 5.43. The molecule has 16 nitrogen and oxygen atoms in total. The molecule has 0 bridgehead atoms. The van der Waals surface area contributed by atoms with Crippen molar-refractivity contribution in [3.05, 3.63) is 47.2 Å². The SMILES string of the molecule is CC(C)(O/N=C(\C(=O)N[C@@H]1C(=O)N2C(C(=O)[O-])=C(C[n+]3ccc(C(N)=O)cc3)CS[C@@H]12)c1nsc(N)n1)C(=O)O. The number of carboxylic acids is 2. The number of carboxylic acid groups (broad SMARTS) is 2. The van der Waals surface area contributed by atoms with Gasteiger partial charge in [0.2, 0.25) is 23.0 Å². The highest BCUT2D eigenvalue weighted by Crippen LogP contribution is 2.40. The number of thioether (sulfide) groups is 1. The predicted molar refractivity (Wildman–Crippen MR) is 136 cm³/mol. The summed E-state index contributed by atoms with van der Waals surface area (Å²) >= 11 is 1.97. The molecule has 2 aliphatic rings. The number of carbonyl (C=O) groups excluding carboxylic acids is 4. The maximum Gasteiger partial charge on any atom is 0.350 e. The van der Waals surface area contributed by atoms with Crippen LogP contribution in [0, 0.1) is 0 Å². The van der Waals surface area contributed by atoms with Gasteiger partial charge in [-0.25, -0.2) is 9.36 Å². The molecule has 210 valence electrons. The van der Waals surface area contributed by atoms with Gasteiger partial charge in [-0.15, -0.1) is 11.8 Å². The molecule has 40 heavy (non-hydrogen) atoms. The fraction of sp³-hybridized carbons (Fsp3) is 0.318. The highest BCUT2D eigenvalue weighted by molar-refractivity contribution is 8.00. The van der Waals surface area contributed by atoms with E-state index in [4.69, 9.17) is 16.3 Å². The Bertz CT molecular complexity index is 1470. The minimum absolute atomic E-state index is 0.000120. The average molecular weight is 591 g/mol. The molecule has 1 fully saturated rings. The van der Waals surface area contributed by atoms with Crippen molar-refractivity contribution in [2.45, 2.75) is 37.4 Å². The first-order valence-electron chi connectivity index (χ1n) is 11.4. The second kappa shape index (κ2) is 10.9. The van der Waals surface area contributed by atoms with Crippen LogP contribution in [0.4, 0.5) is 5.13 Å². The maximum atomic E-state index is 13.1. The molecule has 4 heterocycles. The van der Waals surface area contributed by atoms with Gasteiger partial charge in [-0.2, -0.15) is 9.36 Å². The van der Waals surface area contributed by atoms with E-state index in [9.17, 15) is 34.2 Å². The summed E-state index contributed by atoms with van der Waals surface area (Å²) in [6.45, 7) is 2.51. The first kappa shape index (κ1) is 28.4. The number of nitrogens with one attached hydrogen (secondary N) is 1. The molecule has 0 aromatic carbocycles. The van der Waals surface area contributed by atoms with Crippen molar-refractivity contribution >= 4 is 63.8 Å². The number of anilines is 1. The van der Waals surface area contributed by atoms with Crippen LogP contribution in [0.3, 0.4) is 0 Å². The quantitative estimate of drug-likeness (QED) is 0.0948. The Kier molecular flexibility index (Phi) is 7.74. The monoisotopic (exact) mass is 590 g/mol. The van der Waals surface area contributed by atoms with Crippen LogP contribution in [-0.2, 0) is 30.6 Å². The Morgan fingerprint density at radius 3 is 2.55 bits per heavy atom. The van der Waals surface area contributed by atoms with Gasteiger partial charge in [-0.3, -0.25) is 19.3 Å². The zero-order valence-electron chi connectivity index (χ0n) is 20.9. The number of hydrogen-bond donors (Lipinski definition) is 4. The Morgan fingerprint density at radius 1 is 1.32 bits per heavy atom. The van der Waals surface area contributed by atoms with Crippen LogP contribution in [0.25, 0.3) is 0 Å². The third kappa shape index (κ3) is 5.57. The summed E-state index contributed by atoms with van der Waals surface area (Å²) in [7, 11) is 0. The number of oxime groups is 1. The van der Waals surface area contributed by atoms with Crippen molar-refractivity contribution < 1.29 is 43.6 Å². The van der Waals surface area contributed by atoms with Crippen LogP contribution < -0.4 is 26.5 Å². The van der Waals surface area contributed by atoms with Gasteiger partial charge >= 0.3 is 5.97 Å². The molecule has 2 atom stereocenters. The number of rotatable bonds is 10. The molecule has 0 unspecified atom stereocenters. The molecule has 4 rings (SSSR count). The molecule has 6 N–H and O–H groups in total. The average Bonchev–Trinajstić information content (AvgIpc) is 3.32. The van der Waals surface area contributed by atoms with Crippen molar-refractivity contribution in [2.24, 2.45) is 10.9 Å². The van der Waals surface area contributed by atoms with Crippen LogP contribution in [0.15, 0.2) is 41.0 Å². The molecule has 1 saturated heterocycles. The molecule has 18 heteroatoms. The molecular weight excluding hydrogens is 568 g/mol. The van der Waals surface area contributed by atoms with Gasteiger partial charge in [0.1, 0.15) is 11.4 Å². The molecule has 2 aromatic rings. The second-order valence-corrected chi connectivity index (χ2v) is 10.9. The fourth-order valence-electron chi connectivity index (χ4n) is 3.66. The Hall–Kier alpha value is -4.58. The predicted octanol–water partition coefficient (Wildman–Crippen LogP) is -2.81. The largest absolute Gasteiger partial charge is 0.543 e. The van der Waals surface area contributed by atoms with Crippen LogP contribution in [-0.4, -0.2) is 77.5 Å². The van der Waals surface area contributed by atoms with Gasteiger partial charge in [0.05, 0.1) is 17.2 Å². The normalized spacial score (nSPS) is 19.0. The van der Waals surface area contributed by atoms with Gasteiger partial charge in [-0.05, 0) is 13.8 Å². The Balaban J connectivity index is 1.54. The molecule has 0 radical (unpaired) electrons. The van der Waals surface area contributed by atoms with E-state index in [1.54, 1.807) is 17.0 Å².